The molecule has 1 aliphatic rings. The summed E-state index contributed by atoms with van der Waals surface area (Å²) in [5.41, 5.74) is 5.39. The number of amides is 1. The number of primary sulfonamides is 1. The summed E-state index contributed by atoms with van der Waals surface area (Å²) in [6.07, 6.45) is -2.86. The minimum atomic E-state index is -5.08. The zero-order valence-electron chi connectivity index (χ0n) is 13.4. The highest BCUT2D eigenvalue weighted by Gasteiger charge is 2.38. The number of alkyl halides is 3. The number of nitrogens with two attached hydrogens (primary N) is 2. The fourth-order valence-electron chi connectivity index (χ4n) is 1.55. The summed E-state index contributed by atoms with van der Waals surface area (Å²) in [7, 11) is -3.17. The van der Waals surface area contributed by atoms with Crippen molar-refractivity contribution >= 4 is 27.9 Å². The van der Waals surface area contributed by atoms with Crippen molar-refractivity contribution < 1.29 is 46.2 Å². The van der Waals surface area contributed by atoms with Gasteiger partial charge in [-0.1, -0.05) is 0 Å². The quantitative estimate of drug-likeness (QED) is 0.456. The molecule has 2 atom stereocenters. The Morgan fingerprint density at radius 3 is 1.84 bits per heavy atom. The zero-order chi connectivity index (χ0) is 20.6. The molecule has 1 rings (SSSR count). The Bertz CT molecular complexity index is 570. The first-order valence-corrected chi connectivity index (χ1v) is 8.50. The van der Waals surface area contributed by atoms with Gasteiger partial charge in [0.2, 0.25) is 15.9 Å². The van der Waals surface area contributed by atoms with Gasteiger partial charge < -0.3 is 20.8 Å². The fourth-order valence-corrected chi connectivity index (χ4v) is 1.55. The molecule has 0 spiro atoms. The van der Waals surface area contributed by atoms with Crippen LogP contribution in [0.15, 0.2) is 0 Å². The average Bonchev–Trinajstić information content (AvgIpc) is 2.84. The summed E-state index contributed by atoms with van der Waals surface area (Å²) in [4.78, 5) is 32.4. The number of carbonyl (C=O) groups excluding carboxylic acids is 1. The largest absolute Gasteiger partial charge is 0.490 e. The molecule has 1 heterocycles. The highest BCUT2D eigenvalue weighted by atomic mass is 32.2. The van der Waals surface area contributed by atoms with Gasteiger partial charge in [0.15, 0.2) is 0 Å². The van der Waals surface area contributed by atoms with Crippen LogP contribution in [-0.2, 0) is 24.4 Å². The van der Waals surface area contributed by atoms with Gasteiger partial charge in [0.1, 0.15) is 6.04 Å². The molecule has 6 N–H and O–H groups in total. The zero-order valence-corrected chi connectivity index (χ0v) is 14.2. The molecule has 0 radical (unpaired) electrons. The molecular formula is C11H20F3N3O7S. The standard InChI is InChI=1S/C8H14N2O3.C2HF3O2.CH5NO2S/c1-5(9)7(11)10-4-2-3-6(10)8(12)13;3-2(4,5)1(6)7;1-5(2,3)4/h5-6H,2-4,9H2,1H3,(H,12,13);(H,6,7);1H3,(H2,2,3,4)/t5-,6-;;/m0../s1. The topological polar surface area (TPSA) is 181 Å². The molecule has 14 heteroatoms. The number of rotatable bonds is 2. The van der Waals surface area contributed by atoms with E-state index < -0.39 is 40.2 Å². The number of sulfonamides is 1. The maximum Gasteiger partial charge on any atom is 0.490 e. The van der Waals surface area contributed by atoms with Crippen molar-refractivity contribution in [1.82, 2.24) is 4.90 Å². The number of carboxylic acid groups (broad SMARTS) is 2. The molecule has 0 aromatic rings. The third kappa shape index (κ3) is 13.1. The number of likely N-dealkylation sites (tertiary alicyclic amines) is 1. The van der Waals surface area contributed by atoms with E-state index in [2.05, 4.69) is 5.14 Å². The highest BCUT2D eigenvalue weighted by Crippen LogP contribution is 2.17. The maximum absolute atomic E-state index is 11.4. The number of nitrogens with zero attached hydrogens (tertiary/aromatic N) is 1. The second-order valence-corrected chi connectivity index (χ2v) is 6.61. The molecule has 1 fully saturated rings. The van der Waals surface area contributed by atoms with Crippen molar-refractivity contribution in [2.24, 2.45) is 10.9 Å². The van der Waals surface area contributed by atoms with Crippen LogP contribution in [0.5, 0.6) is 0 Å². The van der Waals surface area contributed by atoms with E-state index in [9.17, 15) is 31.2 Å². The first kappa shape index (κ1) is 25.3. The number of hydrogen-bond acceptors (Lipinski definition) is 6. The van der Waals surface area contributed by atoms with E-state index in [0.717, 1.165) is 12.7 Å². The summed E-state index contributed by atoms with van der Waals surface area (Å²) in [5, 5.41) is 20.2. The summed E-state index contributed by atoms with van der Waals surface area (Å²) in [5.74, 6) is -3.97. The second kappa shape index (κ2) is 10.1. The minimum absolute atomic E-state index is 0.273. The van der Waals surface area contributed by atoms with Gasteiger partial charge in [-0.2, -0.15) is 13.2 Å². The molecule has 0 aromatic heterocycles. The Labute approximate surface area is 141 Å². The smallest absolute Gasteiger partial charge is 0.480 e. The Balaban J connectivity index is 0. The van der Waals surface area contributed by atoms with Crippen LogP contribution in [0.1, 0.15) is 19.8 Å². The van der Waals surface area contributed by atoms with Crippen molar-refractivity contribution in [3.63, 3.8) is 0 Å². The highest BCUT2D eigenvalue weighted by molar-refractivity contribution is 7.88. The van der Waals surface area contributed by atoms with Crippen molar-refractivity contribution in [2.45, 2.75) is 38.0 Å². The summed E-state index contributed by atoms with van der Waals surface area (Å²) < 4.78 is 50.6. The monoisotopic (exact) mass is 395 g/mol. The van der Waals surface area contributed by atoms with E-state index in [1.165, 1.54) is 4.90 Å². The Kier molecular flexibility index (Phi) is 10.3. The van der Waals surface area contributed by atoms with E-state index in [1.807, 2.05) is 0 Å². The second-order valence-electron chi connectivity index (χ2n) is 4.95. The maximum atomic E-state index is 11.4. The Hall–Kier alpha value is -1.93. The van der Waals surface area contributed by atoms with Crippen LogP contribution < -0.4 is 10.9 Å². The van der Waals surface area contributed by atoms with E-state index in [0.29, 0.717) is 13.0 Å². The number of hydrogen-bond donors (Lipinski definition) is 4. The average molecular weight is 395 g/mol. The predicted molar refractivity (Wildman–Crippen MR) is 78.7 cm³/mol. The molecule has 10 nitrogen and oxygen atoms in total. The summed E-state index contributed by atoms with van der Waals surface area (Å²) >= 11 is 0. The van der Waals surface area contributed by atoms with Crippen LogP contribution in [0.3, 0.4) is 0 Å². The van der Waals surface area contributed by atoms with Gasteiger partial charge in [0, 0.05) is 6.54 Å². The van der Waals surface area contributed by atoms with E-state index in [-0.39, 0.29) is 5.91 Å². The van der Waals surface area contributed by atoms with E-state index in [4.69, 9.17) is 20.7 Å². The third-order valence-electron chi connectivity index (χ3n) is 2.45. The first-order valence-electron chi connectivity index (χ1n) is 6.55. The minimum Gasteiger partial charge on any atom is -0.480 e. The van der Waals surface area contributed by atoms with Gasteiger partial charge >= 0.3 is 18.1 Å². The van der Waals surface area contributed by atoms with Crippen LogP contribution in [0, 0.1) is 0 Å². The van der Waals surface area contributed by atoms with Crippen LogP contribution >= 0.6 is 0 Å². The molecule has 0 unspecified atom stereocenters. The molecule has 1 amide bonds. The predicted octanol–water partition coefficient (Wildman–Crippen LogP) is -1.05. The molecule has 0 bridgehead atoms. The normalized spacial score (nSPS) is 18.2. The van der Waals surface area contributed by atoms with Gasteiger partial charge in [0.25, 0.3) is 0 Å². The molecule has 148 valence electrons. The number of carboxylic acids is 2. The fraction of sp³-hybridized carbons (Fsp3) is 0.727. The van der Waals surface area contributed by atoms with Gasteiger partial charge in [-0.25, -0.2) is 23.1 Å². The van der Waals surface area contributed by atoms with Crippen molar-refractivity contribution in [1.29, 1.82) is 0 Å². The molecular weight excluding hydrogens is 375 g/mol. The van der Waals surface area contributed by atoms with Crippen LogP contribution in [0.25, 0.3) is 0 Å². The van der Waals surface area contributed by atoms with Crippen LogP contribution in [-0.4, -0.2) is 72.4 Å². The lowest BCUT2D eigenvalue weighted by Gasteiger charge is -2.22. The lowest BCUT2D eigenvalue weighted by molar-refractivity contribution is -0.192. The molecule has 25 heavy (non-hydrogen) atoms. The number of carbonyl (C=O) groups is 3. The SMILES string of the molecule is CS(N)(=O)=O.C[C@H](N)C(=O)N1CCC[C@H]1C(=O)O.O=C(O)C(F)(F)F. The molecule has 1 aliphatic heterocycles. The van der Waals surface area contributed by atoms with Crippen molar-refractivity contribution in [2.75, 3.05) is 12.8 Å². The van der Waals surface area contributed by atoms with E-state index >= 15 is 0 Å². The van der Waals surface area contributed by atoms with Gasteiger partial charge in [0.05, 0.1) is 12.3 Å². The van der Waals surface area contributed by atoms with Crippen LogP contribution in [0.4, 0.5) is 13.2 Å². The van der Waals surface area contributed by atoms with Crippen molar-refractivity contribution in [3.05, 3.63) is 0 Å². The van der Waals surface area contributed by atoms with Gasteiger partial charge in [-0.05, 0) is 19.8 Å². The summed E-state index contributed by atoms with van der Waals surface area (Å²) in [6, 6.07) is -1.28. The molecule has 0 aromatic carbocycles. The van der Waals surface area contributed by atoms with Gasteiger partial charge in [-0.15, -0.1) is 0 Å². The molecule has 0 aliphatic carbocycles. The van der Waals surface area contributed by atoms with Crippen LogP contribution in [0.2, 0.25) is 0 Å². The van der Waals surface area contributed by atoms with Gasteiger partial charge in [-0.3, -0.25) is 4.79 Å². The number of aliphatic carboxylic acids is 2. The number of halogens is 3. The third-order valence-corrected chi connectivity index (χ3v) is 2.45. The first-order chi connectivity index (χ1) is 11.0. The Morgan fingerprint density at radius 1 is 1.24 bits per heavy atom. The molecule has 0 saturated carbocycles. The van der Waals surface area contributed by atoms with Crippen molar-refractivity contribution in [3.8, 4) is 0 Å². The summed E-state index contributed by atoms with van der Waals surface area (Å²) in [6.45, 7) is 2.08. The lowest BCUT2D eigenvalue weighted by Crippen LogP contribution is -2.47. The van der Waals surface area contributed by atoms with E-state index in [1.54, 1.807) is 6.92 Å². The lowest BCUT2D eigenvalue weighted by atomic mass is 10.2. The Morgan fingerprint density at radius 2 is 1.60 bits per heavy atom. The molecule has 1 saturated heterocycles.